The van der Waals surface area contributed by atoms with Gasteiger partial charge >= 0.3 is 0 Å². The van der Waals surface area contributed by atoms with Gasteiger partial charge in [-0.25, -0.2) is 0 Å². The van der Waals surface area contributed by atoms with E-state index in [-0.39, 0.29) is 0 Å². The third kappa shape index (κ3) is 4.69. The van der Waals surface area contributed by atoms with Gasteiger partial charge in [0.25, 0.3) is 0 Å². The zero-order valence-electron chi connectivity index (χ0n) is 67.8. The molecule has 0 saturated heterocycles. The van der Waals surface area contributed by atoms with E-state index in [0.717, 1.165) is 0 Å². The van der Waals surface area contributed by atoms with Crippen LogP contribution in [0.15, 0.2) is 218 Å². The summed E-state index contributed by atoms with van der Waals surface area (Å²) >= 11 is 0. The van der Waals surface area contributed by atoms with Crippen molar-refractivity contribution in [1.82, 2.24) is 24.1 Å². The van der Waals surface area contributed by atoms with E-state index in [1.807, 2.05) is 0 Å². The van der Waals surface area contributed by atoms with Crippen LogP contribution in [0.2, 0.25) is 0 Å². The Balaban J connectivity index is 1.35. The molecule has 1 aliphatic heterocycles. The van der Waals surface area contributed by atoms with Gasteiger partial charge in [0.2, 0.25) is 11.9 Å². The zero-order valence-corrected chi connectivity index (χ0v) is 32.8. The highest BCUT2D eigenvalue weighted by molar-refractivity contribution is 7.20. The first-order valence-electron chi connectivity index (χ1n) is 37.0. The van der Waals surface area contributed by atoms with Gasteiger partial charge < -0.3 is 0 Å². The second-order valence-corrected chi connectivity index (χ2v) is 17.9. The van der Waals surface area contributed by atoms with Crippen molar-refractivity contribution in [2.75, 3.05) is 0 Å². The minimum atomic E-state index is -6.42. The number of hydrogen-bond acceptors (Lipinski definition) is 3. The standard InChI is InChI=1S/C58H37N5Si/c1-3-19-37(20-4-1)64(38-21-5-2-6-22-38)51-35-17-29-44-39-23-7-8-28-45(39)55(53(44)51)54-46(30-18-36-52(54)64)56-59-57(62-47-31-13-9-24-40(47)41-25-10-14-32-48(41)62)61-58(60-56)63-49-33-15-11-26-42(49)43-27-12-16-34-50(43)63/h1-36,55H/i1D,2D,3D,4D,5D,6D,7D,8D,9D,10D,11D,12D,13D,14D,15D,16D,17D,18D,19D,20D,21D,22D,23D,24D,25D,26D,27D,28D,29D,30D,31D,32D,33D,34D,35D,36D. The molecule has 14 rings (SSSR count). The van der Waals surface area contributed by atoms with Gasteiger partial charge in [0.15, 0.2) is 13.9 Å². The molecule has 64 heavy (non-hydrogen) atoms. The summed E-state index contributed by atoms with van der Waals surface area (Å²) in [5.41, 5.74) is -7.40. The third-order valence-electron chi connectivity index (χ3n) is 11.5. The van der Waals surface area contributed by atoms with Crippen molar-refractivity contribution in [2.24, 2.45) is 0 Å². The Bertz CT molecular complexity index is 5560. The first-order chi connectivity index (χ1) is 46.7. The Kier molecular flexibility index (Phi) is 3.20. The van der Waals surface area contributed by atoms with Gasteiger partial charge in [-0.3, -0.25) is 9.13 Å². The molecule has 0 saturated carbocycles. The summed E-state index contributed by atoms with van der Waals surface area (Å²) in [7, 11) is -6.42. The lowest BCUT2D eigenvalue weighted by Gasteiger charge is -2.43. The lowest BCUT2D eigenvalue weighted by Crippen LogP contribution is -2.77. The molecular weight excluding hydrogens is 795 g/mol. The monoisotopic (exact) mass is 868 g/mol. The Morgan fingerprint density at radius 3 is 1.25 bits per heavy atom. The molecule has 298 valence electrons. The number of para-hydroxylation sites is 4. The van der Waals surface area contributed by atoms with Crippen LogP contribution in [-0.2, 0) is 0 Å². The highest BCUT2D eigenvalue weighted by Gasteiger charge is 2.52. The van der Waals surface area contributed by atoms with E-state index >= 15 is 0 Å². The minimum absolute atomic E-state index is 0.622. The first kappa shape index (κ1) is 15.3. The average molecular weight is 868 g/mol. The van der Waals surface area contributed by atoms with E-state index in [1.165, 1.54) is 0 Å². The van der Waals surface area contributed by atoms with Gasteiger partial charge in [-0.2, -0.15) is 15.0 Å². The van der Waals surface area contributed by atoms with Crippen LogP contribution in [0.3, 0.4) is 0 Å². The molecule has 0 N–H and O–H groups in total. The summed E-state index contributed by atoms with van der Waals surface area (Å²) < 4.78 is 340. The number of nitrogens with zero attached hydrogens (tertiary/aromatic N) is 5. The van der Waals surface area contributed by atoms with Crippen LogP contribution in [-0.4, -0.2) is 32.2 Å². The van der Waals surface area contributed by atoms with Crippen molar-refractivity contribution in [3.63, 3.8) is 0 Å². The van der Waals surface area contributed by atoms with E-state index in [1.54, 1.807) is 0 Å². The fourth-order valence-electron chi connectivity index (χ4n) is 9.08. The Morgan fingerprint density at radius 2 is 0.750 bits per heavy atom. The predicted molar refractivity (Wildman–Crippen MR) is 264 cm³/mol. The lowest BCUT2D eigenvalue weighted by molar-refractivity contribution is 0.889. The van der Waals surface area contributed by atoms with Gasteiger partial charge in [-0.15, -0.1) is 0 Å². The maximum absolute atomic E-state index is 10.4. The number of benzene rings is 9. The highest BCUT2D eigenvalue weighted by Crippen LogP contribution is 2.51. The van der Waals surface area contributed by atoms with Crippen LogP contribution in [0.5, 0.6) is 0 Å². The lowest BCUT2D eigenvalue weighted by atomic mass is 9.85. The smallest absolute Gasteiger partial charge is 0.240 e. The molecule has 6 heteroatoms. The second-order valence-electron chi connectivity index (χ2n) is 14.4. The molecule has 0 radical (unpaired) electrons. The minimum Gasteiger partial charge on any atom is -0.278 e. The summed E-state index contributed by atoms with van der Waals surface area (Å²) in [4.78, 5) is 14.3. The fraction of sp³-hybridized carbons (Fsp3) is 0.0172. The number of aromatic nitrogens is 5. The largest absolute Gasteiger partial charge is 0.278 e. The van der Waals surface area contributed by atoms with Crippen LogP contribution in [0.4, 0.5) is 0 Å². The van der Waals surface area contributed by atoms with E-state index < -0.39 is 347 Å². The molecule has 9 aromatic carbocycles. The first-order valence-corrected chi connectivity index (χ1v) is 21.0. The van der Waals surface area contributed by atoms with E-state index in [2.05, 4.69) is 0 Å². The topological polar surface area (TPSA) is 48.5 Å². The summed E-state index contributed by atoms with van der Waals surface area (Å²) in [5.74, 6) is -5.55. The highest BCUT2D eigenvalue weighted by atomic mass is 28.3. The van der Waals surface area contributed by atoms with Crippen LogP contribution >= 0.6 is 0 Å². The van der Waals surface area contributed by atoms with Gasteiger partial charge in [0.1, 0.15) is 0 Å². The molecule has 3 aromatic heterocycles. The molecule has 0 fully saturated rings. The molecule has 0 amide bonds. The van der Waals surface area contributed by atoms with Crippen LogP contribution in [0.1, 0.15) is 72.0 Å². The Morgan fingerprint density at radius 1 is 0.359 bits per heavy atom. The number of hydrogen-bond donors (Lipinski definition) is 0. The van der Waals surface area contributed by atoms with Crippen molar-refractivity contribution in [3.8, 4) is 34.4 Å². The van der Waals surface area contributed by atoms with Gasteiger partial charge in [0, 0.05) is 33.0 Å². The molecule has 1 unspecified atom stereocenters. The van der Waals surface area contributed by atoms with E-state index in [4.69, 9.17) is 30.0 Å². The van der Waals surface area contributed by atoms with Gasteiger partial charge in [-0.1, -0.05) is 193 Å². The normalized spacial score (nSPS) is 22.4. The number of fused-ring (bicyclic) bond motifs is 11. The van der Waals surface area contributed by atoms with Crippen LogP contribution < -0.4 is 20.7 Å². The van der Waals surface area contributed by atoms with Crippen molar-refractivity contribution >= 4 is 72.4 Å². The average Bonchev–Trinajstić information content (AvgIpc) is 1.28. The van der Waals surface area contributed by atoms with E-state index in [0.29, 0.717) is 9.13 Å². The summed E-state index contributed by atoms with van der Waals surface area (Å²) in [5, 5.41) is -6.40. The van der Waals surface area contributed by atoms with Crippen molar-refractivity contribution in [1.29, 1.82) is 0 Å². The SMILES string of the molecule is [2H]c1c([2H])c([2H])c([Si]2(c3c([2H])c([2H])c([2H])c([2H])c3[2H])c3c([2H])c([2H])c([2H])c(-c4nc(-n5c6c([2H])c([2H])c([2H])c([2H])c6c6c([2H])c([2H])c([2H])c([2H])c65)nc(-n5c6c([2H])c([2H])c([2H])c([2H])c6c6c([2H])c([2H])c([2H])c([2H])c65)n4)c3C3c4c([2H])c([2H])c([2H])c([2H])c4-c4c([2H])c([2H])c([2H])c2c43)c([2H])c1[2H]. The molecule has 0 bridgehead atoms. The van der Waals surface area contributed by atoms with Crippen molar-refractivity contribution in [3.05, 3.63) is 234 Å². The molecule has 0 spiro atoms. The second kappa shape index (κ2) is 13.4. The quantitative estimate of drug-likeness (QED) is 0.162. The predicted octanol–water partition coefficient (Wildman–Crippen LogP) is 10.6. The van der Waals surface area contributed by atoms with Crippen molar-refractivity contribution < 1.29 is 49.3 Å². The Labute approximate surface area is 420 Å². The van der Waals surface area contributed by atoms with Crippen molar-refractivity contribution in [2.45, 2.75) is 5.92 Å². The molecule has 1 atom stereocenters. The molecule has 4 heterocycles. The van der Waals surface area contributed by atoms with Crippen LogP contribution in [0.25, 0.3) is 78.0 Å². The third-order valence-corrected chi connectivity index (χ3v) is 15.7. The maximum atomic E-state index is 10.4. The molecule has 1 aliphatic carbocycles. The molecule has 12 aromatic rings. The summed E-state index contributed by atoms with van der Waals surface area (Å²) in [6.07, 6.45) is 0. The molecule has 5 nitrogen and oxygen atoms in total. The summed E-state index contributed by atoms with van der Waals surface area (Å²) in [6.45, 7) is 0. The van der Waals surface area contributed by atoms with Gasteiger partial charge in [0.05, 0.1) is 71.4 Å². The fourth-order valence-corrected chi connectivity index (χ4v) is 13.4. The van der Waals surface area contributed by atoms with Gasteiger partial charge in [-0.05, 0) is 72.7 Å². The molecular formula is C58H37N5Si. The zero-order chi connectivity index (χ0) is 73.3. The van der Waals surface area contributed by atoms with E-state index in [9.17, 15) is 34.3 Å². The number of rotatable bonds is 5. The van der Waals surface area contributed by atoms with Crippen LogP contribution in [0, 0.1) is 0 Å². The Hall–Kier alpha value is -8.19. The maximum Gasteiger partial charge on any atom is 0.240 e. The summed E-state index contributed by atoms with van der Waals surface area (Å²) in [6, 6.07) is -38.5. The molecule has 2 aliphatic rings.